The maximum Gasteiger partial charge on any atom is 0.0641 e. The first-order valence-electron chi connectivity index (χ1n) is 20.9. The van der Waals surface area contributed by atoms with Crippen LogP contribution < -0.4 is 4.90 Å². The average Bonchev–Trinajstić information content (AvgIpc) is 3.90. The van der Waals surface area contributed by atoms with Gasteiger partial charge in [-0.1, -0.05) is 147 Å². The molecule has 0 amide bonds. The van der Waals surface area contributed by atoms with Gasteiger partial charge in [-0.25, -0.2) is 0 Å². The van der Waals surface area contributed by atoms with Crippen molar-refractivity contribution in [1.82, 2.24) is 9.13 Å². The molecule has 1 aliphatic rings. The van der Waals surface area contributed by atoms with Gasteiger partial charge in [-0.2, -0.15) is 0 Å². The molecule has 0 N–H and O–H groups in total. The Bertz CT molecular complexity index is 3430. The van der Waals surface area contributed by atoms with E-state index < -0.39 is 0 Å². The zero-order valence-electron chi connectivity index (χ0n) is 33.5. The van der Waals surface area contributed by atoms with Gasteiger partial charge in [0.1, 0.15) is 0 Å². The van der Waals surface area contributed by atoms with Crippen molar-refractivity contribution in [3.8, 4) is 33.6 Å². The van der Waals surface area contributed by atoms with E-state index in [2.05, 4.69) is 240 Å². The average molecular weight is 768 g/mol. The maximum atomic E-state index is 2.44. The van der Waals surface area contributed by atoms with E-state index in [9.17, 15) is 0 Å². The lowest BCUT2D eigenvalue weighted by Gasteiger charge is -2.28. The second-order valence-electron chi connectivity index (χ2n) is 16.6. The third-order valence-electron chi connectivity index (χ3n) is 12.9. The summed E-state index contributed by atoms with van der Waals surface area (Å²) in [6, 6.07) is 77.7. The van der Waals surface area contributed by atoms with Crippen LogP contribution >= 0.6 is 0 Å². The molecule has 2 aromatic heterocycles. The summed E-state index contributed by atoms with van der Waals surface area (Å²) >= 11 is 0. The van der Waals surface area contributed by atoms with Gasteiger partial charge in [-0.3, -0.25) is 0 Å². The molecule has 0 unspecified atom stereocenters. The molecule has 0 radical (unpaired) electrons. The smallest absolute Gasteiger partial charge is 0.0641 e. The van der Waals surface area contributed by atoms with Crippen LogP contribution in [0, 0.1) is 0 Å². The molecule has 60 heavy (non-hydrogen) atoms. The minimum absolute atomic E-state index is 0.0755. The second-order valence-corrected chi connectivity index (χ2v) is 16.6. The Morgan fingerprint density at radius 2 is 0.917 bits per heavy atom. The van der Waals surface area contributed by atoms with Crippen LogP contribution in [-0.4, -0.2) is 9.13 Å². The minimum Gasteiger partial charge on any atom is -0.310 e. The van der Waals surface area contributed by atoms with Gasteiger partial charge in [0.2, 0.25) is 0 Å². The third-order valence-corrected chi connectivity index (χ3v) is 12.9. The molecule has 0 aliphatic heterocycles. The van der Waals surface area contributed by atoms with Crippen molar-refractivity contribution in [3.05, 3.63) is 223 Å². The molecular weight excluding hydrogens is 727 g/mol. The Kier molecular flexibility index (Phi) is 7.58. The summed E-state index contributed by atoms with van der Waals surface area (Å²) in [6.07, 6.45) is 0. The molecule has 1 aliphatic carbocycles. The molecule has 9 aromatic carbocycles. The summed E-state index contributed by atoms with van der Waals surface area (Å²) in [7, 11) is 0. The molecule has 0 bridgehead atoms. The zero-order valence-corrected chi connectivity index (χ0v) is 33.5. The number of anilines is 3. The zero-order chi connectivity index (χ0) is 40.0. The largest absolute Gasteiger partial charge is 0.310 e. The second kappa shape index (κ2) is 13.2. The number of benzene rings is 9. The number of rotatable bonds is 6. The Labute approximate surface area is 349 Å². The van der Waals surface area contributed by atoms with E-state index in [0.717, 1.165) is 28.4 Å². The van der Waals surface area contributed by atoms with Crippen molar-refractivity contribution in [3.63, 3.8) is 0 Å². The van der Waals surface area contributed by atoms with E-state index in [1.807, 2.05) is 0 Å². The van der Waals surface area contributed by atoms with Gasteiger partial charge in [-0.15, -0.1) is 0 Å². The standard InChI is InChI=1S/C57H41N3/c1-57(2)50-22-12-9-19-45(50)46-34-33-44(37-51(46)57)58(40-15-5-3-6-16-40)42-29-25-38(26-30-42)39-27-31-43(32-28-39)59-53-24-14-11-21-49(53)55-54(59)36-35-48-47-20-10-13-23-52(47)60(56(48)55)41-17-7-4-8-18-41/h3-37H,1-2H3. The number of hydrogen-bond donors (Lipinski definition) is 0. The van der Waals surface area contributed by atoms with E-state index in [-0.39, 0.29) is 5.41 Å². The SMILES string of the molecule is CC1(C)c2ccccc2-c2ccc(N(c3ccccc3)c3ccc(-c4ccc(-n5c6ccccc6c6c5ccc5c7ccccc7n(-c7ccccc7)c56)cc4)cc3)cc21. The number of nitrogens with zero attached hydrogens (tertiary/aromatic N) is 3. The molecule has 3 nitrogen and oxygen atoms in total. The van der Waals surface area contributed by atoms with Gasteiger partial charge >= 0.3 is 0 Å². The van der Waals surface area contributed by atoms with E-state index in [0.29, 0.717) is 0 Å². The van der Waals surface area contributed by atoms with E-state index >= 15 is 0 Å². The van der Waals surface area contributed by atoms with Crippen molar-refractivity contribution >= 4 is 60.7 Å². The Balaban J connectivity index is 0.938. The monoisotopic (exact) mass is 767 g/mol. The van der Waals surface area contributed by atoms with Gasteiger partial charge in [0.25, 0.3) is 0 Å². The van der Waals surface area contributed by atoms with Crippen LogP contribution in [0.25, 0.3) is 77.2 Å². The van der Waals surface area contributed by atoms with E-state index in [4.69, 9.17) is 0 Å². The molecule has 0 saturated heterocycles. The molecule has 0 atom stereocenters. The lowest BCUT2D eigenvalue weighted by Crippen LogP contribution is -2.16. The van der Waals surface area contributed by atoms with E-state index in [1.165, 1.54) is 77.0 Å². The fraction of sp³-hybridized carbons (Fsp3) is 0.0526. The highest BCUT2D eigenvalue weighted by Crippen LogP contribution is 2.51. The highest BCUT2D eigenvalue weighted by molar-refractivity contribution is 6.26. The van der Waals surface area contributed by atoms with Crippen LogP contribution in [0.2, 0.25) is 0 Å². The van der Waals surface area contributed by atoms with Crippen molar-refractivity contribution in [2.45, 2.75) is 19.3 Å². The summed E-state index contributed by atoms with van der Waals surface area (Å²) in [5, 5.41) is 5.04. The lowest BCUT2D eigenvalue weighted by atomic mass is 9.82. The molecule has 0 spiro atoms. The van der Waals surface area contributed by atoms with Crippen molar-refractivity contribution in [2.24, 2.45) is 0 Å². The summed E-state index contributed by atoms with van der Waals surface area (Å²) < 4.78 is 4.87. The minimum atomic E-state index is -0.0755. The predicted octanol–water partition coefficient (Wildman–Crippen LogP) is 15.3. The first-order chi connectivity index (χ1) is 29.5. The Morgan fingerprint density at radius 3 is 1.67 bits per heavy atom. The summed E-state index contributed by atoms with van der Waals surface area (Å²) in [4.78, 5) is 2.38. The summed E-state index contributed by atoms with van der Waals surface area (Å²) in [6.45, 7) is 4.69. The summed E-state index contributed by atoms with van der Waals surface area (Å²) in [5.74, 6) is 0. The predicted molar refractivity (Wildman–Crippen MR) is 253 cm³/mol. The maximum absolute atomic E-state index is 2.44. The molecular formula is C57H41N3. The molecule has 0 saturated carbocycles. The number of para-hydroxylation sites is 4. The van der Waals surface area contributed by atoms with Gasteiger partial charge in [-0.05, 0) is 112 Å². The normalized spacial score (nSPS) is 13.0. The van der Waals surface area contributed by atoms with Gasteiger partial charge in [0.15, 0.2) is 0 Å². The van der Waals surface area contributed by atoms with Crippen LogP contribution in [-0.2, 0) is 5.41 Å². The van der Waals surface area contributed by atoms with Gasteiger partial charge < -0.3 is 14.0 Å². The van der Waals surface area contributed by atoms with Crippen LogP contribution in [0.15, 0.2) is 212 Å². The Morgan fingerprint density at radius 1 is 0.367 bits per heavy atom. The number of hydrogen-bond acceptors (Lipinski definition) is 1. The number of fused-ring (bicyclic) bond motifs is 10. The topological polar surface area (TPSA) is 13.1 Å². The lowest BCUT2D eigenvalue weighted by molar-refractivity contribution is 0.660. The Hall–Kier alpha value is -7.62. The first kappa shape index (κ1) is 34.4. The van der Waals surface area contributed by atoms with Crippen LogP contribution in [0.1, 0.15) is 25.0 Å². The molecule has 0 fully saturated rings. The van der Waals surface area contributed by atoms with Gasteiger partial charge in [0.05, 0.1) is 22.1 Å². The highest BCUT2D eigenvalue weighted by Gasteiger charge is 2.35. The molecule has 284 valence electrons. The van der Waals surface area contributed by atoms with Crippen molar-refractivity contribution in [2.75, 3.05) is 4.90 Å². The van der Waals surface area contributed by atoms with Crippen molar-refractivity contribution < 1.29 is 0 Å². The molecule has 2 heterocycles. The van der Waals surface area contributed by atoms with Crippen LogP contribution in [0.3, 0.4) is 0 Å². The van der Waals surface area contributed by atoms with Crippen LogP contribution in [0.5, 0.6) is 0 Å². The summed E-state index contributed by atoms with van der Waals surface area (Å²) in [5.41, 5.74) is 18.3. The molecule has 11 aromatic rings. The first-order valence-corrected chi connectivity index (χ1v) is 20.9. The van der Waals surface area contributed by atoms with Crippen LogP contribution in [0.4, 0.5) is 17.1 Å². The fourth-order valence-corrected chi connectivity index (χ4v) is 10.1. The molecule has 12 rings (SSSR count). The van der Waals surface area contributed by atoms with E-state index in [1.54, 1.807) is 0 Å². The fourth-order valence-electron chi connectivity index (χ4n) is 10.1. The third kappa shape index (κ3) is 5.09. The quantitative estimate of drug-likeness (QED) is 0.164. The van der Waals surface area contributed by atoms with Crippen molar-refractivity contribution in [1.29, 1.82) is 0 Å². The highest BCUT2D eigenvalue weighted by atomic mass is 15.1. The van der Waals surface area contributed by atoms with Gasteiger partial charge in [0, 0.05) is 55.4 Å². The number of aromatic nitrogens is 2. The molecule has 3 heteroatoms.